The first kappa shape index (κ1) is 15.5. The van der Waals surface area contributed by atoms with Crippen molar-refractivity contribution in [3.05, 3.63) is 53.3 Å². The Kier molecular flexibility index (Phi) is 4.55. The molecule has 2 aromatic rings. The molecule has 0 aliphatic heterocycles. The van der Waals surface area contributed by atoms with Crippen LogP contribution in [0.4, 0.5) is 5.95 Å². The van der Waals surface area contributed by atoms with E-state index in [2.05, 4.69) is 39.2 Å². The smallest absolute Gasteiger partial charge is 0.270 e. The number of hydrogen-bond donors (Lipinski definition) is 1. The summed E-state index contributed by atoms with van der Waals surface area (Å²) in [6.45, 7) is 5.47. The van der Waals surface area contributed by atoms with E-state index in [1.165, 1.54) is 5.56 Å². The summed E-state index contributed by atoms with van der Waals surface area (Å²) in [5.74, 6) is 0.507. The monoisotopic (exact) mass is 310 g/mol. The van der Waals surface area contributed by atoms with Crippen molar-refractivity contribution < 1.29 is 4.79 Å². The molecular weight excluding hydrogens is 288 g/mol. The van der Waals surface area contributed by atoms with Gasteiger partial charge in [-0.1, -0.05) is 30.3 Å². The number of benzene rings is 1. The van der Waals surface area contributed by atoms with Crippen LogP contribution in [-0.2, 0) is 6.54 Å². The molecule has 0 unspecified atom stereocenters. The largest absolute Gasteiger partial charge is 0.348 e. The number of nitrogens with zero attached hydrogens (tertiary/aromatic N) is 3. The fourth-order valence-corrected chi connectivity index (χ4v) is 2.43. The van der Waals surface area contributed by atoms with Gasteiger partial charge in [0.15, 0.2) is 0 Å². The molecule has 1 saturated carbocycles. The van der Waals surface area contributed by atoms with E-state index in [-0.39, 0.29) is 5.91 Å². The molecule has 1 amide bonds. The summed E-state index contributed by atoms with van der Waals surface area (Å²) in [6, 6.07) is 12.3. The molecule has 5 heteroatoms. The Bertz CT molecular complexity index is 683. The minimum absolute atomic E-state index is 0.102. The van der Waals surface area contributed by atoms with Gasteiger partial charge >= 0.3 is 0 Å². The molecule has 1 N–H and O–H groups in total. The summed E-state index contributed by atoms with van der Waals surface area (Å²) < 4.78 is 0. The Labute approximate surface area is 136 Å². The number of amides is 1. The molecule has 1 fully saturated rings. The standard InChI is InChI=1S/C18H22N4O/c1-3-22(12-14-7-5-4-6-8-14)18-19-13(2)11-16(21-18)17(23)20-15-9-10-15/h4-8,11,15H,3,9-10,12H2,1-2H3,(H,20,23). The Hall–Kier alpha value is -2.43. The second-order valence-electron chi connectivity index (χ2n) is 5.94. The van der Waals surface area contributed by atoms with Crippen molar-refractivity contribution in [2.75, 3.05) is 11.4 Å². The maximum Gasteiger partial charge on any atom is 0.270 e. The minimum Gasteiger partial charge on any atom is -0.348 e. The van der Waals surface area contributed by atoms with E-state index in [1.807, 2.05) is 25.1 Å². The molecular formula is C18H22N4O. The second kappa shape index (κ2) is 6.77. The highest BCUT2D eigenvalue weighted by atomic mass is 16.2. The summed E-state index contributed by atoms with van der Waals surface area (Å²) in [4.78, 5) is 23.3. The first-order valence-corrected chi connectivity index (χ1v) is 8.11. The van der Waals surface area contributed by atoms with Gasteiger partial charge in [0, 0.05) is 24.8 Å². The lowest BCUT2D eigenvalue weighted by Crippen LogP contribution is -2.29. The molecule has 1 aromatic carbocycles. The molecule has 0 spiro atoms. The molecule has 3 rings (SSSR count). The van der Waals surface area contributed by atoms with Gasteiger partial charge in [0.1, 0.15) is 5.69 Å². The van der Waals surface area contributed by atoms with Crippen LogP contribution in [0.5, 0.6) is 0 Å². The molecule has 0 saturated heterocycles. The molecule has 23 heavy (non-hydrogen) atoms. The Balaban J connectivity index is 1.81. The van der Waals surface area contributed by atoms with Crippen molar-refractivity contribution in [1.29, 1.82) is 0 Å². The third-order valence-electron chi connectivity index (χ3n) is 3.87. The van der Waals surface area contributed by atoms with Crippen molar-refractivity contribution in [3.63, 3.8) is 0 Å². The number of aromatic nitrogens is 2. The van der Waals surface area contributed by atoms with Gasteiger partial charge in [-0.15, -0.1) is 0 Å². The first-order valence-electron chi connectivity index (χ1n) is 8.11. The zero-order chi connectivity index (χ0) is 16.2. The van der Waals surface area contributed by atoms with E-state index in [0.717, 1.165) is 31.6 Å². The van der Waals surface area contributed by atoms with Crippen molar-refractivity contribution in [2.24, 2.45) is 0 Å². The van der Waals surface area contributed by atoms with Crippen molar-refractivity contribution in [1.82, 2.24) is 15.3 Å². The van der Waals surface area contributed by atoms with Crippen LogP contribution in [0.3, 0.4) is 0 Å². The number of carbonyl (C=O) groups is 1. The highest BCUT2D eigenvalue weighted by molar-refractivity contribution is 5.93. The van der Waals surface area contributed by atoms with Gasteiger partial charge in [-0.05, 0) is 38.3 Å². The molecule has 120 valence electrons. The molecule has 5 nitrogen and oxygen atoms in total. The molecule has 1 aliphatic rings. The second-order valence-corrected chi connectivity index (χ2v) is 5.94. The molecule has 0 atom stereocenters. The maximum atomic E-state index is 12.2. The van der Waals surface area contributed by atoms with E-state index in [4.69, 9.17) is 0 Å². The maximum absolute atomic E-state index is 12.2. The summed E-state index contributed by atoms with van der Waals surface area (Å²) in [5, 5.41) is 2.98. The zero-order valence-electron chi connectivity index (χ0n) is 13.6. The highest BCUT2D eigenvalue weighted by Gasteiger charge is 2.25. The summed E-state index contributed by atoms with van der Waals surface area (Å²) in [6.07, 6.45) is 2.13. The minimum atomic E-state index is -0.102. The fourth-order valence-electron chi connectivity index (χ4n) is 2.43. The predicted molar refractivity (Wildman–Crippen MR) is 90.4 cm³/mol. The lowest BCUT2D eigenvalue weighted by atomic mass is 10.2. The van der Waals surface area contributed by atoms with Gasteiger partial charge in [0.25, 0.3) is 5.91 Å². The van der Waals surface area contributed by atoms with E-state index < -0.39 is 0 Å². The lowest BCUT2D eigenvalue weighted by Gasteiger charge is -2.21. The van der Waals surface area contributed by atoms with Crippen LogP contribution < -0.4 is 10.2 Å². The number of aryl methyl sites for hydroxylation is 1. The van der Waals surface area contributed by atoms with Crippen LogP contribution in [-0.4, -0.2) is 28.5 Å². The molecule has 0 radical (unpaired) electrons. The number of nitrogens with one attached hydrogen (secondary N) is 1. The molecule has 1 aliphatic carbocycles. The van der Waals surface area contributed by atoms with E-state index in [1.54, 1.807) is 6.07 Å². The van der Waals surface area contributed by atoms with E-state index >= 15 is 0 Å². The van der Waals surface area contributed by atoms with Crippen LogP contribution in [0.25, 0.3) is 0 Å². The summed E-state index contributed by atoms with van der Waals surface area (Å²) in [7, 11) is 0. The SMILES string of the molecule is CCN(Cc1ccccc1)c1nc(C)cc(C(=O)NC2CC2)n1. The van der Waals surface area contributed by atoms with Crippen molar-refractivity contribution >= 4 is 11.9 Å². The topological polar surface area (TPSA) is 58.1 Å². The molecule has 0 bridgehead atoms. The summed E-state index contributed by atoms with van der Waals surface area (Å²) in [5.41, 5.74) is 2.46. The lowest BCUT2D eigenvalue weighted by molar-refractivity contribution is 0.0946. The quantitative estimate of drug-likeness (QED) is 0.891. The predicted octanol–water partition coefficient (Wildman–Crippen LogP) is 2.70. The van der Waals surface area contributed by atoms with Gasteiger partial charge in [-0.2, -0.15) is 0 Å². The number of anilines is 1. The third-order valence-corrected chi connectivity index (χ3v) is 3.87. The zero-order valence-corrected chi connectivity index (χ0v) is 13.6. The average Bonchev–Trinajstić information content (AvgIpc) is 3.37. The average molecular weight is 310 g/mol. The van der Waals surface area contributed by atoms with Crippen LogP contribution in [0.15, 0.2) is 36.4 Å². The number of rotatable bonds is 6. The Morgan fingerprint density at radius 2 is 2.00 bits per heavy atom. The van der Waals surface area contributed by atoms with Crippen LogP contribution in [0.2, 0.25) is 0 Å². The van der Waals surface area contributed by atoms with Crippen LogP contribution in [0.1, 0.15) is 41.5 Å². The molecule has 1 heterocycles. The Morgan fingerprint density at radius 1 is 1.26 bits per heavy atom. The van der Waals surface area contributed by atoms with E-state index in [0.29, 0.717) is 17.7 Å². The normalized spacial score (nSPS) is 13.7. The van der Waals surface area contributed by atoms with Crippen molar-refractivity contribution in [2.45, 2.75) is 39.3 Å². The molecule has 1 aromatic heterocycles. The van der Waals surface area contributed by atoms with Crippen LogP contribution in [0, 0.1) is 6.92 Å². The van der Waals surface area contributed by atoms with Gasteiger partial charge < -0.3 is 10.2 Å². The van der Waals surface area contributed by atoms with E-state index in [9.17, 15) is 4.79 Å². The highest BCUT2D eigenvalue weighted by Crippen LogP contribution is 2.20. The van der Waals surface area contributed by atoms with Gasteiger partial charge in [-0.3, -0.25) is 4.79 Å². The van der Waals surface area contributed by atoms with Crippen molar-refractivity contribution in [3.8, 4) is 0 Å². The van der Waals surface area contributed by atoms with Gasteiger partial charge in [0.05, 0.1) is 0 Å². The van der Waals surface area contributed by atoms with Gasteiger partial charge in [-0.25, -0.2) is 9.97 Å². The van der Waals surface area contributed by atoms with Gasteiger partial charge in [0.2, 0.25) is 5.95 Å². The first-order chi connectivity index (χ1) is 11.2. The number of carbonyl (C=O) groups excluding carboxylic acids is 1. The third kappa shape index (κ3) is 4.06. The Morgan fingerprint density at radius 3 is 2.65 bits per heavy atom. The number of hydrogen-bond acceptors (Lipinski definition) is 4. The fraction of sp³-hybridized carbons (Fsp3) is 0.389. The summed E-state index contributed by atoms with van der Waals surface area (Å²) >= 11 is 0. The van der Waals surface area contributed by atoms with Crippen LogP contribution >= 0.6 is 0 Å².